The van der Waals surface area contributed by atoms with Crippen molar-refractivity contribution in [2.75, 3.05) is 4.90 Å². The number of nitrogens with zero attached hydrogens (tertiary/aromatic N) is 1. The third-order valence-corrected chi connectivity index (χ3v) is 6.08. The van der Waals surface area contributed by atoms with E-state index >= 15 is 0 Å². The van der Waals surface area contributed by atoms with E-state index in [1.54, 1.807) is 0 Å². The van der Waals surface area contributed by atoms with Gasteiger partial charge in [0.2, 0.25) is 11.8 Å². The molecule has 24 heavy (non-hydrogen) atoms. The second-order valence-corrected chi connectivity index (χ2v) is 7.13. The van der Waals surface area contributed by atoms with E-state index in [0.717, 1.165) is 35.7 Å². The lowest BCUT2D eigenvalue weighted by Crippen LogP contribution is -2.33. The predicted octanol–water partition coefficient (Wildman–Crippen LogP) is 4.40. The first kappa shape index (κ1) is 15.4. The molecule has 3 nitrogen and oxygen atoms in total. The zero-order chi connectivity index (χ0) is 16.8. The SMILES string of the molecule is CCC1CC(CC)C2C(=O)N(c3cccc4ccccc34)C(=O)C12. The smallest absolute Gasteiger partial charge is 0.237 e. The zero-order valence-electron chi connectivity index (χ0n) is 14.2. The van der Waals surface area contributed by atoms with E-state index in [-0.39, 0.29) is 23.7 Å². The van der Waals surface area contributed by atoms with Crippen molar-refractivity contribution >= 4 is 28.3 Å². The average Bonchev–Trinajstić information content (AvgIpc) is 3.11. The molecular weight excluding hydrogens is 298 g/mol. The summed E-state index contributed by atoms with van der Waals surface area (Å²) in [5.41, 5.74) is 0.752. The minimum atomic E-state index is -0.119. The molecule has 4 rings (SSSR count). The number of carbonyl (C=O) groups is 2. The Morgan fingerprint density at radius 2 is 1.46 bits per heavy atom. The van der Waals surface area contributed by atoms with E-state index in [9.17, 15) is 9.59 Å². The van der Waals surface area contributed by atoms with Crippen molar-refractivity contribution in [2.24, 2.45) is 23.7 Å². The number of anilines is 1. The van der Waals surface area contributed by atoms with E-state index in [0.29, 0.717) is 11.8 Å². The van der Waals surface area contributed by atoms with Crippen LogP contribution in [0, 0.1) is 23.7 Å². The van der Waals surface area contributed by atoms with Crippen molar-refractivity contribution in [3.63, 3.8) is 0 Å². The Kier molecular flexibility index (Phi) is 3.67. The molecule has 1 aliphatic heterocycles. The van der Waals surface area contributed by atoms with Crippen LogP contribution in [0.25, 0.3) is 10.8 Å². The lowest BCUT2D eigenvalue weighted by Gasteiger charge is -2.21. The Hall–Kier alpha value is -2.16. The van der Waals surface area contributed by atoms with Crippen LogP contribution in [0.5, 0.6) is 0 Å². The molecule has 2 aromatic carbocycles. The van der Waals surface area contributed by atoms with Crippen molar-refractivity contribution in [3.05, 3.63) is 42.5 Å². The zero-order valence-corrected chi connectivity index (χ0v) is 14.2. The molecule has 124 valence electrons. The van der Waals surface area contributed by atoms with Crippen molar-refractivity contribution in [3.8, 4) is 0 Å². The summed E-state index contributed by atoms with van der Waals surface area (Å²) in [5, 5.41) is 2.04. The van der Waals surface area contributed by atoms with Gasteiger partial charge in [-0.2, -0.15) is 0 Å². The Morgan fingerprint density at radius 3 is 2.08 bits per heavy atom. The standard InChI is InChI=1S/C21H23NO2/c1-3-13-12-14(4-2)19-18(13)20(23)22(21(19)24)17-11-7-9-15-8-5-6-10-16(15)17/h5-11,13-14,18-19H,3-4,12H2,1-2H3. The Balaban J connectivity index is 1.82. The summed E-state index contributed by atoms with van der Waals surface area (Å²) in [6.45, 7) is 4.27. The summed E-state index contributed by atoms with van der Waals surface area (Å²) in [6.07, 6.45) is 2.96. The van der Waals surface area contributed by atoms with E-state index in [2.05, 4.69) is 13.8 Å². The van der Waals surface area contributed by atoms with Gasteiger partial charge in [-0.05, 0) is 29.7 Å². The molecule has 2 aromatic rings. The number of imide groups is 1. The third kappa shape index (κ3) is 2.03. The lowest BCUT2D eigenvalue weighted by molar-refractivity contribution is -0.123. The van der Waals surface area contributed by atoms with Gasteiger partial charge in [0.1, 0.15) is 0 Å². The number of carbonyl (C=O) groups excluding carboxylic acids is 2. The molecule has 4 atom stereocenters. The van der Waals surface area contributed by atoms with Gasteiger partial charge in [-0.3, -0.25) is 9.59 Å². The van der Waals surface area contributed by atoms with E-state index < -0.39 is 0 Å². The van der Waals surface area contributed by atoms with Crippen LogP contribution < -0.4 is 4.90 Å². The van der Waals surface area contributed by atoms with Crippen molar-refractivity contribution in [2.45, 2.75) is 33.1 Å². The Labute approximate surface area is 142 Å². The quantitative estimate of drug-likeness (QED) is 0.786. The van der Waals surface area contributed by atoms with Gasteiger partial charge in [-0.1, -0.05) is 63.1 Å². The second-order valence-electron chi connectivity index (χ2n) is 7.13. The predicted molar refractivity (Wildman–Crippen MR) is 95.6 cm³/mol. The summed E-state index contributed by atoms with van der Waals surface area (Å²) in [4.78, 5) is 27.8. The number of fused-ring (bicyclic) bond motifs is 2. The van der Waals surface area contributed by atoms with E-state index in [4.69, 9.17) is 0 Å². The number of hydrogen-bond donors (Lipinski definition) is 0. The van der Waals surface area contributed by atoms with Gasteiger partial charge in [0, 0.05) is 5.39 Å². The monoisotopic (exact) mass is 321 g/mol. The maximum absolute atomic E-state index is 13.2. The van der Waals surface area contributed by atoms with Crippen LogP contribution in [-0.2, 0) is 9.59 Å². The third-order valence-electron chi connectivity index (χ3n) is 6.08. The first-order valence-electron chi connectivity index (χ1n) is 9.02. The Bertz CT molecular complexity index is 779. The molecular formula is C21H23NO2. The van der Waals surface area contributed by atoms with Crippen LogP contribution in [0.2, 0.25) is 0 Å². The lowest BCUT2D eigenvalue weighted by atomic mass is 9.88. The maximum Gasteiger partial charge on any atom is 0.237 e. The van der Waals surface area contributed by atoms with E-state index in [1.165, 1.54) is 4.90 Å². The van der Waals surface area contributed by atoms with Gasteiger partial charge in [0.05, 0.1) is 17.5 Å². The van der Waals surface area contributed by atoms with Crippen LogP contribution in [0.4, 0.5) is 5.69 Å². The molecule has 2 fully saturated rings. The summed E-state index contributed by atoms with van der Waals surface area (Å²) in [7, 11) is 0. The van der Waals surface area contributed by atoms with Crippen molar-refractivity contribution < 1.29 is 9.59 Å². The van der Waals surface area contributed by atoms with Gasteiger partial charge in [0.25, 0.3) is 0 Å². The molecule has 0 radical (unpaired) electrons. The topological polar surface area (TPSA) is 37.4 Å². The highest BCUT2D eigenvalue weighted by molar-refractivity contribution is 6.25. The van der Waals surface area contributed by atoms with Gasteiger partial charge in [-0.15, -0.1) is 0 Å². The molecule has 1 aliphatic carbocycles. The molecule has 0 spiro atoms. The second kappa shape index (κ2) is 5.73. The molecule has 2 aliphatic rings. The van der Waals surface area contributed by atoms with Gasteiger partial charge in [-0.25, -0.2) is 4.90 Å². The first-order chi connectivity index (χ1) is 11.7. The molecule has 0 bridgehead atoms. The molecule has 4 unspecified atom stereocenters. The Morgan fingerprint density at radius 1 is 0.875 bits per heavy atom. The molecule has 0 N–H and O–H groups in total. The molecule has 0 aromatic heterocycles. The summed E-state index contributed by atoms with van der Waals surface area (Å²) in [5.74, 6) is 0.485. The summed E-state index contributed by atoms with van der Waals surface area (Å²) in [6, 6.07) is 13.8. The minimum Gasteiger partial charge on any atom is -0.274 e. The molecule has 1 heterocycles. The molecule has 1 saturated carbocycles. The molecule has 3 heteroatoms. The highest BCUT2D eigenvalue weighted by Crippen LogP contribution is 2.51. The highest BCUT2D eigenvalue weighted by atomic mass is 16.2. The fourth-order valence-corrected chi connectivity index (χ4v) is 4.87. The average molecular weight is 321 g/mol. The number of amides is 2. The van der Waals surface area contributed by atoms with Crippen molar-refractivity contribution in [1.82, 2.24) is 0 Å². The molecule has 2 amide bonds. The fraction of sp³-hybridized carbons (Fsp3) is 0.429. The normalized spacial score (nSPS) is 29.5. The van der Waals surface area contributed by atoms with Gasteiger partial charge < -0.3 is 0 Å². The molecule has 1 saturated heterocycles. The largest absolute Gasteiger partial charge is 0.274 e. The van der Waals surface area contributed by atoms with E-state index in [1.807, 2.05) is 42.5 Å². The number of rotatable bonds is 3. The summed E-state index contributed by atoms with van der Waals surface area (Å²) < 4.78 is 0. The summed E-state index contributed by atoms with van der Waals surface area (Å²) >= 11 is 0. The minimum absolute atomic E-state index is 0.0177. The highest BCUT2D eigenvalue weighted by Gasteiger charge is 2.57. The number of hydrogen-bond acceptors (Lipinski definition) is 2. The van der Waals surface area contributed by atoms with Crippen molar-refractivity contribution in [1.29, 1.82) is 0 Å². The fourth-order valence-electron chi connectivity index (χ4n) is 4.87. The first-order valence-corrected chi connectivity index (χ1v) is 9.02. The van der Waals surface area contributed by atoms with Gasteiger partial charge >= 0.3 is 0 Å². The van der Waals surface area contributed by atoms with Crippen LogP contribution in [0.1, 0.15) is 33.1 Å². The maximum atomic E-state index is 13.2. The van der Waals surface area contributed by atoms with Crippen LogP contribution in [0.15, 0.2) is 42.5 Å². The van der Waals surface area contributed by atoms with Crippen LogP contribution in [0.3, 0.4) is 0 Å². The van der Waals surface area contributed by atoms with Crippen LogP contribution in [-0.4, -0.2) is 11.8 Å². The number of benzene rings is 2. The van der Waals surface area contributed by atoms with Gasteiger partial charge in [0.15, 0.2) is 0 Å². The van der Waals surface area contributed by atoms with Crippen LogP contribution >= 0.6 is 0 Å².